The van der Waals surface area contributed by atoms with Crippen molar-refractivity contribution in [3.63, 3.8) is 0 Å². The minimum Gasteiger partial charge on any atom is -0.382 e. The lowest BCUT2D eigenvalue weighted by Crippen LogP contribution is -2.26. The molecule has 2 heteroatoms. The Labute approximate surface area is 76.7 Å². The Morgan fingerprint density at radius 3 is 2.50 bits per heavy atom. The Morgan fingerprint density at radius 2 is 2.00 bits per heavy atom. The average molecular weight is 173 g/mol. The number of hydrogen-bond acceptors (Lipinski definition) is 2. The molecule has 1 N–H and O–H groups in total. The van der Waals surface area contributed by atoms with Gasteiger partial charge in [0.15, 0.2) is 0 Å². The van der Waals surface area contributed by atoms with Crippen molar-refractivity contribution in [1.82, 2.24) is 5.32 Å². The quantitative estimate of drug-likeness (QED) is 0.568. The third-order valence-electron chi connectivity index (χ3n) is 2.13. The molecule has 0 bridgehead atoms. The van der Waals surface area contributed by atoms with Crippen LogP contribution in [-0.2, 0) is 4.74 Å². The van der Waals surface area contributed by atoms with Crippen molar-refractivity contribution in [2.24, 2.45) is 0 Å². The molecule has 1 unspecified atom stereocenters. The first kappa shape index (κ1) is 11.9. The molecule has 0 heterocycles. The van der Waals surface area contributed by atoms with Gasteiger partial charge in [-0.2, -0.15) is 0 Å². The second-order valence-corrected chi connectivity index (χ2v) is 3.11. The molecule has 1 atom stereocenters. The molecule has 0 aliphatic carbocycles. The summed E-state index contributed by atoms with van der Waals surface area (Å²) >= 11 is 0. The minimum atomic E-state index is 0.650. The molecule has 0 aromatic carbocycles. The van der Waals surface area contributed by atoms with Crippen LogP contribution in [-0.4, -0.2) is 26.3 Å². The average Bonchev–Trinajstić information content (AvgIpc) is 2.11. The summed E-state index contributed by atoms with van der Waals surface area (Å²) in [5.41, 5.74) is 0. The van der Waals surface area contributed by atoms with Crippen LogP contribution in [0.4, 0.5) is 0 Å². The van der Waals surface area contributed by atoms with Gasteiger partial charge in [-0.15, -0.1) is 0 Å². The first-order chi connectivity index (χ1) is 5.85. The third-order valence-corrected chi connectivity index (χ3v) is 2.13. The van der Waals surface area contributed by atoms with Crippen LogP contribution in [0.5, 0.6) is 0 Å². The molecule has 0 spiro atoms. The Bertz CT molecular complexity index is 85.9. The topological polar surface area (TPSA) is 21.3 Å². The zero-order chi connectivity index (χ0) is 9.23. The van der Waals surface area contributed by atoms with Crippen LogP contribution < -0.4 is 5.32 Å². The first-order valence-corrected chi connectivity index (χ1v) is 5.10. The third kappa shape index (κ3) is 6.62. The zero-order valence-corrected chi connectivity index (χ0v) is 8.73. The normalized spacial score (nSPS) is 13.2. The Balaban J connectivity index is 3.26. The van der Waals surface area contributed by atoms with Gasteiger partial charge in [-0.05, 0) is 26.8 Å². The van der Waals surface area contributed by atoms with Gasteiger partial charge in [0.25, 0.3) is 0 Å². The van der Waals surface area contributed by atoms with Crippen LogP contribution in [0, 0.1) is 0 Å². The van der Waals surface area contributed by atoms with Crippen molar-refractivity contribution in [3.05, 3.63) is 0 Å². The van der Waals surface area contributed by atoms with Crippen molar-refractivity contribution >= 4 is 0 Å². The molecule has 0 aromatic heterocycles. The molecule has 0 aliphatic rings. The van der Waals surface area contributed by atoms with Crippen molar-refractivity contribution in [1.29, 1.82) is 0 Å². The van der Waals surface area contributed by atoms with Gasteiger partial charge in [-0.3, -0.25) is 0 Å². The van der Waals surface area contributed by atoms with Crippen molar-refractivity contribution in [2.75, 3.05) is 20.3 Å². The van der Waals surface area contributed by atoms with Gasteiger partial charge in [-0.25, -0.2) is 0 Å². The molecule has 0 saturated carbocycles. The largest absolute Gasteiger partial charge is 0.382 e. The fourth-order valence-electron chi connectivity index (χ4n) is 1.25. The van der Waals surface area contributed by atoms with E-state index in [9.17, 15) is 0 Å². The summed E-state index contributed by atoms with van der Waals surface area (Å²) in [5.74, 6) is 0. The van der Waals surface area contributed by atoms with Crippen LogP contribution >= 0.6 is 0 Å². The van der Waals surface area contributed by atoms with Gasteiger partial charge >= 0.3 is 0 Å². The molecule has 2 nitrogen and oxygen atoms in total. The highest BCUT2D eigenvalue weighted by Crippen LogP contribution is 2.03. The van der Waals surface area contributed by atoms with Gasteiger partial charge in [0.2, 0.25) is 0 Å². The van der Waals surface area contributed by atoms with Crippen LogP contribution in [0.15, 0.2) is 0 Å². The molecule has 0 rings (SSSR count). The van der Waals surface area contributed by atoms with Gasteiger partial charge in [0.1, 0.15) is 0 Å². The molecular weight excluding hydrogens is 150 g/mol. The number of hydrogen-bond donors (Lipinski definition) is 1. The van der Waals surface area contributed by atoms with Crippen LogP contribution in [0.1, 0.15) is 39.5 Å². The van der Waals surface area contributed by atoms with E-state index in [1.165, 1.54) is 19.3 Å². The fraction of sp³-hybridized carbons (Fsp3) is 1.00. The maximum absolute atomic E-state index is 5.31. The summed E-state index contributed by atoms with van der Waals surface area (Å²) in [7, 11) is 2.03. The highest BCUT2D eigenvalue weighted by molar-refractivity contribution is 4.63. The molecular formula is C10H23NO. The standard InChI is InChI=1S/C10H23NO/c1-4-6-7-10(11-3)8-9-12-5-2/h10-11H,4-9H2,1-3H3. The van der Waals surface area contributed by atoms with E-state index in [1.807, 2.05) is 14.0 Å². The molecule has 0 saturated heterocycles. The minimum absolute atomic E-state index is 0.650. The number of ether oxygens (including phenoxy) is 1. The van der Waals surface area contributed by atoms with Crippen molar-refractivity contribution in [2.45, 2.75) is 45.6 Å². The smallest absolute Gasteiger partial charge is 0.0480 e. The van der Waals surface area contributed by atoms with Gasteiger partial charge < -0.3 is 10.1 Å². The SMILES string of the molecule is CCCCC(CCOCC)NC. The fourth-order valence-corrected chi connectivity index (χ4v) is 1.25. The number of rotatable bonds is 8. The summed E-state index contributed by atoms with van der Waals surface area (Å²) in [4.78, 5) is 0. The molecule has 0 amide bonds. The van der Waals surface area contributed by atoms with E-state index in [-0.39, 0.29) is 0 Å². The molecule has 0 aliphatic heterocycles. The lowest BCUT2D eigenvalue weighted by atomic mass is 10.1. The Hall–Kier alpha value is -0.0800. The number of nitrogens with one attached hydrogen (secondary N) is 1. The van der Waals surface area contributed by atoms with Crippen LogP contribution in [0.2, 0.25) is 0 Å². The molecule has 0 fully saturated rings. The summed E-state index contributed by atoms with van der Waals surface area (Å²) in [6.45, 7) is 6.01. The van der Waals surface area contributed by atoms with E-state index in [1.54, 1.807) is 0 Å². The second-order valence-electron chi connectivity index (χ2n) is 3.11. The lowest BCUT2D eigenvalue weighted by molar-refractivity contribution is 0.136. The molecule has 74 valence electrons. The monoisotopic (exact) mass is 173 g/mol. The van der Waals surface area contributed by atoms with Gasteiger partial charge in [-0.1, -0.05) is 19.8 Å². The summed E-state index contributed by atoms with van der Waals surface area (Å²) in [6.07, 6.45) is 5.02. The Morgan fingerprint density at radius 1 is 1.25 bits per heavy atom. The lowest BCUT2D eigenvalue weighted by Gasteiger charge is -2.14. The molecule has 0 aromatic rings. The van der Waals surface area contributed by atoms with Crippen molar-refractivity contribution in [3.8, 4) is 0 Å². The van der Waals surface area contributed by atoms with Gasteiger partial charge in [0, 0.05) is 19.3 Å². The number of unbranched alkanes of at least 4 members (excludes halogenated alkanes) is 1. The Kier molecular flexibility index (Phi) is 8.95. The molecule has 0 radical (unpaired) electrons. The first-order valence-electron chi connectivity index (χ1n) is 5.10. The maximum Gasteiger partial charge on any atom is 0.0480 e. The predicted molar refractivity (Wildman–Crippen MR) is 53.5 cm³/mol. The highest BCUT2D eigenvalue weighted by atomic mass is 16.5. The van der Waals surface area contributed by atoms with Gasteiger partial charge in [0.05, 0.1) is 0 Å². The van der Waals surface area contributed by atoms with E-state index in [2.05, 4.69) is 12.2 Å². The van der Waals surface area contributed by atoms with E-state index in [4.69, 9.17) is 4.74 Å². The van der Waals surface area contributed by atoms with E-state index < -0.39 is 0 Å². The van der Waals surface area contributed by atoms with E-state index in [0.717, 1.165) is 19.6 Å². The maximum atomic E-state index is 5.31. The van der Waals surface area contributed by atoms with Crippen LogP contribution in [0.25, 0.3) is 0 Å². The highest BCUT2D eigenvalue weighted by Gasteiger charge is 2.03. The van der Waals surface area contributed by atoms with E-state index >= 15 is 0 Å². The van der Waals surface area contributed by atoms with Crippen LogP contribution in [0.3, 0.4) is 0 Å². The predicted octanol–water partition coefficient (Wildman–Crippen LogP) is 2.19. The zero-order valence-electron chi connectivity index (χ0n) is 8.73. The summed E-state index contributed by atoms with van der Waals surface area (Å²) in [6, 6.07) is 0.650. The molecule has 12 heavy (non-hydrogen) atoms. The summed E-state index contributed by atoms with van der Waals surface area (Å²) < 4.78 is 5.31. The summed E-state index contributed by atoms with van der Waals surface area (Å²) in [5, 5.41) is 3.32. The second kappa shape index (κ2) is 9.01. The van der Waals surface area contributed by atoms with Crippen molar-refractivity contribution < 1.29 is 4.74 Å². The van der Waals surface area contributed by atoms with E-state index in [0.29, 0.717) is 6.04 Å².